The largest absolute Gasteiger partial charge is 0.369 e. The lowest BCUT2D eigenvalue weighted by atomic mass is 9.81. The van der Waals surface area contributed by atoms with Crippen LogP contribution >= 0.6 is 0 Å². The van der Waals surface area contributed by atoms with Crippen molar-refractivity contribution in [1.82, 2.24) is 30.0 Å². The smallest absolute Gasteiger partial charge is 0.327 e. The third kappa shape index (κ3) is 10.1. The molecule has 0 atom stereocenters. The van der Waals surface area contributed by atoms with Crippen LogP contribution in [0.2, 0.25) is 0 Å². The molecule has 0 bridgehead atoms. The fourth-order valence-electron chi connectivity index (χ4n) is 5.65. The van der Waals surface area contributed by atoms with E-state index in [4.69, 9.17) is 0 Å². The summed E-state index contributed by atoms with van der Waals surface area (Å²) in [5.41, 5.74) is 4.24. The van der Waals surface area contributed by atoms with Crippen LogP contribution in [0.3, 0.4) is 0 Å². The molecule has 0 radical (unpaired) electrons. The highest BCUT2D eigenvalue weighted by molar-refractivity contribution is 5.93. The van der Waals surface area contributed by atoms with Crippen molar-refractivity contribution in [3.05, 3.63) is 90.2 Å². The number of anilines is 3. The lowest BCUT2D eigenvalue weighted by Gasteiger charge is -2.35. The van der Waals surface area contributed by atoms with Gasteiger partial charge in [-0.25, -0.2) is 23.5 Å². The van der Waals surface area contributed by atoms with Crippen LogP contribution in [0, 0.1) is 17.2 Å². The number of aryl methyl sites for hydroxylation is 1. The summed E-state index contributed by atoms with van der Waals surface area (Å²) in [5, 5.41) is 23.0. The van der Waals surface area contributed by atoms with Crippen LogP contribution in [-0.4, -0.2) is 49.8 Å². The first-order valence-electron chi connectivity index (χ1n) is 16.6. The summed E-state index contributed by atoms with van der Waals surface area (Å²) >= 11 is 0. The maximum Gasteiger partial charge on any atom is 0.327 e. The number of nitrogens with zero attached hydrogens (tertiary/aromatic N) is 7. The summed E-state index contributed by atoms with van der Waals surface area (Å²) in [6, 6.07) is 15.3. The van der Waals surface area contributed by atoms with Crippen molar-refractivity contribution >= 4 is 23.6 Å². The summed E-state index contributed by atoms with van der Waals surface area (Å²) in [4.78, 5) is 28.5. The van der Waals surface area contributed by atoms with Crippen molar-refractivity contribution in [2.24, 2.45) is 13.0 Å². The number of aromatic nitrogens is 5. The van der Waals surface area contributed by atoms with Crippen molar-refractivity contribution in [2.75, 3.05) is 28.6 Å². The Kier molecular flexibility index (Phi) is 11.9. The van der Waals surface area contributed by atoms with E-state index in [1.54, 1.807) is 22.0 Å². The van der Waals surface area contributed by atoms with E-state index >= 15 is 0 Å². The van der Waals surface area contributed by atoms with Gasteiger partial charge in [-0.05, 0) is 49.3 Å². The minimum Gasteiger partial charge on any atom is -0.369 e. The first-order valence-corrected chi connectivity index (χ1v) is 16.6. The molecule has 1 aliphatic rings. The van der Waals surface area contributed by atoms with E-state index in [1.165, 1.54) is 6.20 Å². The second-order valence-electron chi connectivity index (χ2n) is 12.3. The number of carbonyl (C=O) groups is 1. The van der Waals surface area contributed by atoms with Crippen LogP contribution in [0.4, 0.5) is 31.2 Å². The number of benzene rings is 1. The molecule has 49 heavy (non-hydrogen) atoms. The van der Waals surface area contributed by atoms with Crippen molar-refractivity contribution < 1.29 is 13.6 Å². The highest BCUT2D eigenvalue weighted by Gasteiger charge is 2.44. The van der Waals surface area contributed by atoms with Gasteiger partial charge in [-0.2, -0.15) is 15.3 Å². The summed E-state index contributed by atoms with van der Waals surface area (Å²) in [5.74, 6) is -1.51. The normalized spacial score (nSPS) is 14.1. The third-order valence-electron chi connectivity index (χ3n) is 8.27. The van der Waals surface area contributed by atoms with Crippen LogP contribution in [-0.2, 0) is 13.6 Å². The number of unbranched alkanes of at least 4 members (excludes halogenated alkanes) is 1. The topological polar surface area (TPSA) is 137 Å². The Morgan fingerprint density at radius 1 is 1.06 bits per heavy atom. The monoisotopic (exact) mass is 668 g/mol. The number of alkyl halides is 2. The molecule has 256 valence electrons. The number of urea groups is 1. The highest BCUT2D eigenvalue weighted by Crippen LogP contribution is 2.42. The predicted molar refractivity (Wildman–Crippen MR) is 186 cm³/mol. The molecule has 0 spiro atoms. The number of allylic oxidation sites excluding steroid dienone is 1. The molecule has 3 N–H and O–H groups in total. The Morgan fingerprint density at radius 3 is 2.55 bits per heavy atom. The van der Waals surface area contributed by atoms with Gasteiger partial charge < -0.3 is 16.0 Å². The maximum atomic E-state index is 13.6. The quantitative estimate of drug-likeness (QED) is 0.106. The van der Waals surface area contributed by atoms with Gasteiger partial charge in [0.1, 0.15) is 23.3 Å². The second-order valence-corrected chi connectivity index (χ2v) is 12.3. The second kappa shape index (κ2) is 16.6. The van der Waals surface area contributed by atoms with Crippen LogP contribution in [0.25, 0.3) is 11.1 Å². The van der Waals surface area contributed by atoms with Crippen molar-refractivity contribution in [3.63, 3.8) is 0 Å². The van der Waals surface area contributed by atoms with E-state index in [0.29, 0.717) is 37.2 Å². The molecule has 0 unspecified atom stereocenters. The van der Waals surface area contributed by atoms with E-state index in [1.807, 2.05) is 61.9 Å². The predicted octanol–water partition coefficient (Wildman–Crippen LogP) is 7.28. The molecule has 0 saturated heterocycles. The van der Waals surface area contributed by atoms with Gasteiger partial charge in [0, 0.05) is 69.2 Å². The number of pyridine rings is 1. The van der Waals surface area contributed by atoms with E-state index in [2.05, 4.69) is 49.0 Å². The number of halogens is 2. The Hall–Kier alpha value is -5.38. The Labute approximate surface area is 285 Å². The summed E-state index contributed by atoms with van der Waals surface area (Å²) in [7, 11) is 1.86. The lowest BCUT2D eigenvalue weighted by molar-refractivity contribution is -0.106. The summed E-state index contributed by atoms with van der Waals surface area (Å²) < 4.78 is 28.1. The zero-order valence-corrected chi connectivity index (χ0v) is 27.9. The number of carbonyl (C=O) groups excluding carboxylic acids is 1. The molecule has 2 amide bonds. The maximum absolute atomic E-state index is 13.6. The van der Waals surface area contributed by atoms with E-state index in [0.717, 1.165) is 54.4 Å². The molecule has 5 rings (SSSR count). The first-order chi connectivity index (χ1) is 23.7. The van der Waals surface area contributed by atoms with Gasteiger partial charge >= 0.3 is 6.03 Å². The molecule has 4 aromatic rings. The van der Waals surface area contributed by atoms with Gasteiger partial charge in [-0.3, -0.25) is 9.58 Å². The Morgan fingerprint density at radius 2 is 1.88 bits per heavy atom. The highest BCUT2D eigenvalue weighted by atomic mass is 19.3. The SMILES string of the molecule is CCC/C(=C\N(C(=O)NCc1ccccc1)c1ccc(-c2cnn(C)c2)cn1)CCCCNc1ncc(C#N)c(NCC2CC(F)(F)C2)n1. The molecule has 1 aliphatic carbocycles. The minimum atomic E-state index is -2.59. The average molecular weight is 669 g/mol. The molecule has 3 aromatic heterocycles. The van der Waals surface area contributed by atoms with Gasteiger partial charge in [0.05, 0.1) is 12.4 Å². The number of nitriles is 1. The molecular weight excluding hydrogens is 626 g/mol. The van der Waals surface area contributed by atoms with Gasteiger partial charge in [0.15, 0.2) is 0 Å². The molecule has 1 aromatic carbocycles. The van der Waals surface area contributed by atoms with Gasteiger partial charge in [-0.1, -0.05) is 49.2 Å². The van der Waals surface area contributed by atoms with Crippen molar-refractivity contribution in [1.29, 1.82) is 5.26 Å². The molecule has 3 heterocycles. The average Bonchev–Trinajstić information content (AvgIpc) is 3.54. The number of amides is 2. The van der Waals surface area contributed by atoms with Crippen molar-refractivity contribution in [2.45, 2.75) is 64.3 Å². The van der Waals surface area contributed by atoms with Crippen LogP contribution in [0.1, 0.15) is 63.0 Å². The number of hydrogen-bond acceptors (Lipinski definition) is 8. The van der Waals surface area contributed by atoms with Gasteiger partial charge in [-0.15, -0.1) is 0 Å². The molecule has 0 aliphatic heterocycles. The minimum absolute atomic E-state index is 0.147. The van der Waals surface area contributed by atoms with E-state index in [9.17, 15) is 18.8 Å². The number of rotatable bonds is 16. The van der Waals surface area contributed by atoms with Crippen LogP contribution in [0.15, 0.2) is 79.0 Å². The summed E-state index contributed by atoms with van der Waals surface area (Å²) in [6.45, 7) is 3.43. The first kappa shape index (κ1) is 34.9. The van der Waals surface area contributed by atoms with Crippen LogP contribution in [0.5, 0.6) is 0 Å². The van der Waals surface area contributed by atoms with Gasteiger partial charge in [0.25, 0.3) is 0 Å². The standard InChI is InChI=1S/C36H42F2N10O/c1-3-9-27(12-7-8-15-40-34-43-22-30(18-39)33(46-34)42-20-28-16-36(37,38)17-28)24-48(35(49)44-19-26-10-5-4-6-11-26)32-14-13-29(21-41-32)31-23-45-47(2)25-31/h4-6,10-11,13-14,21-25,28H,3,7-9,12,15-17,19-20H2,1-2H3,(H,44,49)(H2,40,42,43,46)/b27-24+. The zero-order valence-electron chi connectivity index (χ0n) is 27.9. The molecule has 1 fully saturated rings. The van der Waals surface area contributed by atoms with E-state index < -0.39 is 5.92 Å². The number of nitrogens with one attached hydrogen (secondary N) is 3. The van der Waals surface area contributed by atoms with Crippen LogP contribution < -0.4 is 20.9 Å². The molecule has 11 nitrogen and oxygen atoms in total. The summed E-state index contributed by atoms with van der Waals surface area (Å²) in [6.07, 6.45) is 12.7. The third-order valence-corrected chi connectivity index (χ3v) is 8.27. The Bertz CT molecular complexity index is 1740. The fourth-order valence-corrected chi connectivity index (χ4v) is 5.65. The van der Waals surface area contributed by atoms with Crippen molar-refractivity contribution in [3.8, 4) is 17.2 Å². The Balaban J connectivity index is 1.20. The zero-order chi connectivity index (χ0) is 34.6. The van der Waals surface area contributed by atoms with Gasteiger partial charge in [0.2, 0.25) is 11.9 Å². The molecular formula is C36H42F2N10O. The number of hydrogen-bond donors (Lipinski definition) is 3. The van der Waals surface area contributed by atoms with E-state index in [-0.39, 0.29) is 30.4 Å². The fraction of sp³-hybridized carbons (Fsp3) is 0.389. The lowest BCUT2D eigenvalue weighted by Crippen LogP contribution is -2.39. The molecule has 13 heteroatoms. The molecule has 1 saturated carbocycles.